The molecule has 0 saturated carbocycles. The maximum atomic E-state index is 4.27. The van der Waals surface area contributed by atoms with Crippen LogP contribution in [-0.2, 0) is 31.1 Å². The second kappa shape index (κ2) is 19.0. The fourth-order valence-corrected chi connectivity index (χ4v) is 9.12. The summed E-state index contributed by atoms with van der Waals surface area (Å²) in [6.07, 6.45) is 23.6. The molecule has 2 bridgehead atoms. The highest BCUT2D eigenvalue weighted by Crippen LogP contribution is 2.40. The molecule has 290 valence electrons. The Morgan fingerprint density at radius 1 is 0.655 bits per heavy atom. The van der Waals surface area contributed by atoms with Crippen molar-refractivity contribution in [3.63, 3.8) is 0 Å². The molecule has 6 aromatic carbocycles. The lowest BCUT2D eigenvalue weighted by Gasteiger charge is -2.33. The van der Waals surface area contributed by atoms with Crippen LogP contribution in [0.3, 0.4) is 0 Å². The molecule has 1 unspecified atom stereocenters. The minimum Gasteiger partial charge on any atom is -0.0985 e. The molecule has 0 fully saturated rings. The summed E-state index contributed by atoms with van der Waals surface area (Å²) < 4.78 is 0. The van der Waals surface area contributed by atoms with E-state index in [4.69, 9.17) is 0 Å². The van der Waals surface area contributed by atoms with Gasteiger partial charge >= 0.3 is 0 Å². The van der Waals surface area contributed by atoms with Crippen LogP contribution in [0, 0.1) is 0 Å². The topological polar surface area (TPSA) is 0 Å². The molecule has 0 N–H and O–H groups in total. The van der Waals surface area contributed by atoms with Crippen LogP contribution in [0.4, 0.5) is 0 Å². The van der Waals surface area contributed by atoms with Crippen molar-refractivity contribution in [1.82, 2.24) is 0 Å². The van der Waals surface area contributed by atoms with E-state index in [0.717, 1.165) is 38.5 Å². The Balaban J connectivity index is 0.00000252. The summed E-state index contributed by atoms with van der Waals surface area (Å²) in [6.45, 7) is 13.0. The van der Waals surface area contributed by atoms with Gasteiger partial charge in [0.2, 0.25) is 0 Å². The van der Waals surface area contributed by atoms with E-state index in [1.165, 1.54) is 77.6 Å². The molecule has 0 aromatic heterocycles. The SMILES string of the molecule is C=Cc1ccc(CC(C)(c2ccccc2)c2cccc3ccccc23)cc1Cc1cc(C[C@H](CC2=CC=CC3=CC=CC=C2C3)c2ccccc2)ccc1CC.CC. The molecular formula is C58H58. The van der Waals surface area contributed by atoms with Crippen LogP contribution < -0.4 is 0 Å². The van der Waals surface area contributed by atoms with Gasteiger partial charge in [-0.2, -0.15) is 0 Å². The van der Waals surface area contributed by atoms with Gasteiger partial charge < -0.3 is 0 Å². The maximum Gasteiger partial charge on any atom is 0.0221 e. The minimum atomic E-state index is -0.223. The largest absolute Gasteiger partial charge is 0.0985 e. The van der Waals surface area contributed by atoms with E-state index >= 15 is 0 Å². The second-order valence-electron chi connectivity index (χ2n) is 15.8. The minimum absolute atomic E-state index is 0.223. The van der Waals surface area contributed by atoms with E-state index in [-0.39, 0.29) is 5.41 Å². The van der Waals surface area contributed by atoms with E-state index in [1.807, 2.05) is 19.9 Å². The third-order valence-corrected chi connectivity index (χ3v) is 12.2. The third kappa shape index (κ3) is 9.09. The highest BCUT2D eigenvalue weighted by Gasteiger charge is 2.31. The van der Waals surface area contributed by atoms with Gasteiger partial charge in [0.05, 0.1) is 0 Å². The third-order valence-electron chi connectivity index (χ3n) is 12.2. The average Bonchev–Trinajstić information content (AvgIpc) is 3.64. The zero-order chi connectivity index (χ0) is 40.3. The van der Waals surface area contributed by atoms with Crippen molar-refractivity contribution in [3.8, 4) is 0 Å². The summed E-state index contributed by atoms with van der Waals surface area (Å²) in [5.41, 5.74) is 16.2. The predicted molar refractivity (Wildman–Crippen MR) is 252 cm³/mol. The van der Waals surface area contributed by atoms with Crippen molar-refractivity contribution >= 4 is 16.8 Å². The van der Waals surface area contributed by atoms with Crippen LogP contribution in [0.1, 0.15) is 96.5 Å². The van der Waals surface area contributed by atoms with E-state index in [2.05, 4.69) is 202 Å². The molecule has 6 aromatic rings. The van der Waals surface area contributed by atoms with Gasteiger partial charge in [-0.15, -0.1) is 0 Å². The zero-order valence-corrected chi connectivity index (χ0v) is 34.9. The Morgan fingerprint density at radius 2 is 1.36 bits per heavy atom. The number of hydrogen-bond acceptors (Lipinski definition) is 0. The first kappa shape index (κ1) is 40.2. The lowest BCUT2D eigenvalue weighted by Crippen LogP contribution is -2.27. The van der Waals surface area contributed by atoms with Gasteiger partial charge in [-0.05, 0) is 122 Å². The van der Waals surface area contributed by atoms with Crippen LogP contribution in [-0.4, -0.2) is 0 Å². The molecule has 0 heteroatoms. The van der Waals surface area contributed by atoms with Crippen LogP contribution in [0.15, 0.2) is 205 Å². The lowest BCUT2D eigenvalue weighted by atomic mass is 9.70. The van der Waals surface area contributed by atoms with Crippen LogP contribution >= 0.6 is 0 Å². The van der Waals surface area contributed by atoms with Crippen LogP contribution in [0.2, 0.25) is 0 Å². The van der Waals surface area contributed by atoms with Crippen LogP contribution in [0.5, 0.6) is 0 Å². The van der Waals surface area contributed by atoms with E-state index < -0.39 is 0 Å². The van der Waals surface area contributed by atoms with E-state index in [0.29, 0.717) is 5.92 Å². The molecule has 0 radical (unpaired) electrons. The number of fused-ring (bicyclic) bond motifs is 3. The van der Waals surface area contributed by atoms with Gasteiger partial charge in [0.1, 0.15) is 0 Å². The Hall–Kier alpha value is -5.98. The summed E-state index contributed by atoms with van der Waals surface area (Å²) in [7, 11) is 0. The number of aryl methyl sites for hydroxylation is 1. The summed E-state index contributed by atoms with van der Waals surface area (Å²) in [4.78, 5) is 0. The van der Waals surface area contributed by atoms with Gasteiger partial charge in [0, 0.05) is 5.41 Å². The van der Waals surface area contributed by atoms with Crippen molar-refractivity contribution in [2.24, 2.45) is 0 Å². The quantitative estimate of drug-likeness (QED) is 0.110. The van der Waals surface area contributed by atoms with Crippen molar-refractivity contribution in [3.05, 3.63) is 255 Å². The molecule has 0 aliphatic heterocycles. The summed E-state index contributed by atoms with van der Waals surface area (Å²) in [5, 5.41) is 2.60. The standard InChI is InChI=1S/C56H52.C2H6/c1-4-44-32-30-42(36-52(46-20-8-6-9-21-46)38-49-25-16-19-41-18-12-13-23-48(49)34-41)35-50(44)39-51-37-43(31-33-45(51)5-2)40-56(3,53-26-10-7-11-27-53)55-29-17-24-47-22-14-15-28-54(47)55;1-2/h5-33,35,37,52H,2,4,34,36,38-40H2,1,3H3;1-2H3/t52-,56?;/m1./s1. The first-order valence-electron chi connectivity index (χ1n) is 21.4. The predicted octanol–water partition coefficient (Wildman–Crippen LogP) is 15.2. The second-order valence-corrected chi connectivity index (χ2v) is 15.8. The molecule has 0 saturated heterocycles. The Labute approximate surface area is 348 Å². The first-order valence-corrected chi connectivity index (χ1v) is 21.4. The van der Waals surface area contributed by atoms with E-state index in [9.17, 15) is 0 Å². The van der Waals surface area contributed by atoms with Gasteiger partial charge in [-0.25, -0.2) is 0 Å². The Bertz CT molecular complexity index is 2500. The highest BCUT2D eigenvalue weighted by molar-refractivity contribution is 5.87. The van der Waals surface area contributed by atoms with Gasteiger partial charge in [0.15, 0.2) is 0 Å². The average molecular weight is 755 g/mol. The summed E-state index contributed by atoms with van der Waals surface area (Å²) in [6, 6.07) is 52.2. The fraction of sp³-hybridized carbons (Fsp3) is 0.207. The molecule has 2 atom stereocenters. The Morgan fingerprint density at radius 3 is 2.16 bits per heavy atom. The molecule has 0 amide bonds. The first-order chi connectivity index (χ1) is 28.5. The Kier molecular flexibility index (Phi) is 13.2. The molecule has 2 aliphatic rings. The summed E-state index contributed by atoms with van der Waals surface area (Å²) >= 11 is 0. The number of rotatable bonds is 13. The molecule has 8 rings (SSSR count). The fourth-order valence-electron chi connectivity index (χ4n) is 9.12. The lowest BCUT2D eigenvalue weighted by molar-refractivity contribution is 0.572. The molecular weight excluding hydrogens is 697 g/mol. The van der Waals surface area contributed by atoms with Gasteiger partial charge in [0.25, 0.3) is 0 Å². The van der Waals surface area contributed by atoms with E-state index in [1.54, 1.807) is 0 Å². The number of hydrogen-bond donors (Lipinski definition) is 0. The van der Waals surface area contributed by atoms with Crippen molar-refractivity contribution < 1.29 is 0 Å². The van der Waals surface area contributed by atoms with Crippen molar-refractivity contribution in [2.75, 3.05) is 0 Å². The van der Waals surface area contributed by atoms with Crippen molar-refractivity contribution in [1.29, 1.82) is 0 Å². The van der Waals surface area contributed by atoms with Crippen LogP contribution in [0.25, 0.3) is 16.8 Å². The molecule has 0 spiro atoms. The molecule has 58 heavy (non-hydrogen) atoms. The van der Waals surface area contributed by atoms with Crippen molar-refractivity contribution in [2.45, 2.75) is 77.6 Å². The smallest absolute Gasteiger partial charge is 0.0221 e. The zero-order valence-electron chi connectivity index (χ0n) is 34.9. The van der Waals surface area contributed by atoms with Gasteiger partial charge in [-0.3, -0.25) is 0 Å². The molecule has 2 aliphatic carbocycles. The monoisotopic (exact) mass is 754 g/mol. The number of allylic oxidation sites excluding steroid dienone is 10. The summed E-state index contributed by atoms with van der Waals surface area (Å²) in [5.74, 6) is 0.367. The molecule has 0 nitrogen and oxygen atoms in total. The highest BCUT2D eigenvalue weighted by atomic mass is 14.3. The van der Waals surface area contributed by atoms with Gasteiger partial charge in [-0.1, -0.05) is 222 Å². The molecule has 0 heterocycles. The number of benzene rings is 6. The normalized spacial score (nSPS) is 14.8. The maximum absolute atomic E-state index is 4.27.